The van der Waals surface area contributed by atoms with Crippen molar-refractivity contribution in [1.29, 1.82) is 5.26 Å². The fraction of sp³-hybridized carbons (Fsp3) is 0.154. The molecule has 0 bridgehead atoms. The van der Waals surface area contributed by atoms with Crippen molar-refractivity contribution < 1.29 is 4.74 Å². The number of ether oxygens (including phenoxy) is 1. The standard InChI is InChI=1S/C13H13N5O/c1-18(8-14)13-7-12(15-9-16-13)17-10-5-3-4-6-11(10)19-2/h3-7,9H,1-2H3,(H,15,16,17). The van der Waals surface area contributed by atoms with Crippen LogP contribution >= 0.6 is 0 Å². The molecule has 0 radical (unpaired) electrons. The average Bonchev–Trinajstić information content (AvgIpc) is 2.47. The summed E-state index contributed by atoms with van der Waals surface area (Å²) in [6.07, 6.45) is 3.39. The van der Waals surface area contributed by atoms with Gasteiger partial charge in [-0.15, -0.1) is 0 Å². The fourth-order valence-electron chi connectivity index (χ4n) is 1.54. The Morgan fingerprint density at radius 3 is 2.84 bits per heavy atom. The fourth-order valence-corrected chi connectivity index (χ4v) is 1.54. The first kappa shape index (κ1) is 12.6. The van der Waals surface area contributed by atoms with Gasteiger partial charge in [0.05, 0.1) is 12.8 Å². The highest BCUT2D eigenvalue weighted by atomic mass is 16.5. The maximum absolute atomic E-state index is 8.83. The van der Waals surface area contributed by atoms with E-state index in [2.05, 4.69) is 15.3 Å². The summed E-state index contributed by atoms with van der Waals surface area (Å²) in [5, 5.41) is 12.0. The maximum Gasteiger partial charge on any atom is 0.185 e. The van der Waals surface area contributed by atoms with E-state index < -0.39 is 0 Å². The lowest BCUT2D eigenvalue weighted by Gasteiger charge is -2.12. The first-order chi connectivity index (χ1) is 9.24. The van der Waals surface area contributed by atoms with Crippen LogP contribution in [0.3, 0.4) is 0 Å². The Balaban J connectivity index is 2.26. The Morgan fingerprint density at radius 1 is 1.32 bits per heavy atom. The Kier molecular flexibility index (Phi) is 3.78. The average molecular weight is 255 g/mol. The minimum Gasteiger partial charge on any atom is -0.495 e. The Labute approximate surface area is 111 Å². The lowest BCUT2D eigenvalue weighted by atomic mass is 10.3. The lowest BCUT2D eigenvalue weighted by Crippen LogP contribution is -2.10. The van der Waals surface area contributed by atoms with Crippen LogP contribution in [0.15, 0.2) is 36.7 Å². The second-order valence-corrected chi connectivity index (χ2v) is 3.75. The van der Waals surface area contributed by atoms with Gasteiger partial charge in [0.2, 0.25) is 0 Å². The van der Waals surface area contributed by atoms with Crippen LogP contribution in [-0.4, -0.2) is 24.1 Å². The number of rotatable bonds is 4. The van der Waals surface area contributed by atoms with E-state index in [0.717, 1.165) is 11.4 Å². The van der Waals surface area contributed by atoms with E-state index in [1.54, 1.807) is 20.2 Å². The van der Waals surface area contributed by atoms with Gasteiger partial charge in [-0.05, 0) is 12.1 Å². The van der Waals surface area contributed by atoms with Gasteiger partial charge in [-0.25, -0.2) is 9.97 Å². The van der Waals surface area contributed by atoms with Crippen molar-refractivity contribution >= 4 is 17.3 Å². The number of methoxy groups -OCH3 is 1. The number of benzene rings is 1. The highest BCUT2D eigenvalue weighted by Crippen LogP contribution is 2.26. The van der Waals surface area contributed by atoms with E-state index >= 15 is 0 Å². The zero-order chi connectivity index (χ0) is 13.7. The van der Waals surface area contributed by atoms with Crippen LogP contribution in [0.2, 0.25) is 0 Å². The minimum absolute atomic E-state index is 0.523. The zero-order valence-corrected chi connectivity index (χ0v) is 10.7. The van der Waals surface area contributed by atoms with Crippen molar-refractivity contribution in [2.45, 2.75) is 0 Å². The van der Waals surface area contributed by atoms with Crippen LogP contribution in [0.4, 0.5) is 17.3 Å². The number of nitrogens with one attached hydrogen (secondary N) is 1. The van der Waals surface area contributed by atoms with Crippen LogP contribution in [0, 0.1) is 11.5 Å². The number of aromatic nitrogens is 2. The molecule has 0 fully saturated rings. The highest BCUT2D eigenvalue weighted by molar-refractivity contribution is 5.65. The van der Waals surface area contributed by atoms with Crippen LogP contribution < -0.4 is 15.0 Å². The Morgan fingerprint density at radius 2 is 2.11 bits per heavy atom. The smallest absolute Gasteiger partial charge is 0.185 e. The third-order valence-corrected chi connectivity index (χ3v) is 2.52. The van der Waals surface area contributed by atoms with Crippen molar-refractivity contribution in [3.05, 3.63) is 36.7 Å². The van der Waals surface area contributed by atoms with Gasteiger partial charge in [0.25, 0.3) is 0 Å². The van der Waals surface area contributed by atoms with Crippen LogP contribution in [0.1, 0.15) is 0 Å². The summed E-state index contributed by atoms with van der Waals surface area (Å²) in [4.78, 5) is 9.48. The maximum atomic E-state index is 8.83. The van der Waals surface area contributed by atoms with Gasteiger partial charge < -0.3 is 10.1 Å². The first-order valence-corrected chi connectivity index (χ1v) is 5.60. The number of anilines is 3. The monoisotopic (exact) mass is 255 g/mol. The summed E-state index contributed by atoms with van der Waals surface area (Å²) in [5.74, 6) is 1.84. The molecule has 0 spiro atoms. The molecule has 0 saturated carbocycles. The predicted octanol–water partition coefficient (Wildman–Crippen LogP) is 2.15. The van der Waals surface area contributed by atoms with Gasteiger partial charge in [0.1, 0.15) is 23.7 Å². The summed E-state index contributed by atoms with van der Waals surface area (Å²) < 4.78 is 5.25. The molecule has 0 amide bonds. The van der Waals surface area contributed by atoms with E-state index in [1.165, 1.54) is 11.2 Å². The van der Waals surface area contributed by atoms with E-state index in [1.807, 2.05) is 30.5 Å². The summed E-state index contributed by atoms with van der Waals surface area (Å²) in [7, 11) is 3.24. The Hall–Kier alpha value is -2.81. The molecule has 2 aromatic rings. The second kappa shape index (κ2) is 5.69. The summed E-state index contributed by atoms with van der Waals surface area (Å²) >= 11 is 0. The molecule has 0 aliphatic carbocycles. The normalized spacial score (nSPS) is 9.53. The molecular formula is C13H13N5O. The second-order valence-electron chi connectivity index (χ2n) is 3.75. The highest BCUT2D eigenvalue weighted by Gasteiger charge is 2.06. The number of hydrogen-bond acceptors (Lipinski definition) is 6. The van der Waals surface area contributed by atoms with Crippen molar-refractivity contribution in [2.75, 3.05) is 24.4 Å². The number of nitrogens with zero attached hydrogens (tertiary/aromatic N) is 4. The van der Waals surface area contributed by atoms with Gasteiger partial charge in [0, 0.05) is 13.1 Å². The molecule has 0 saturated heterocycles. The third kappa shape index (κ3) is 2.90. The molecule has 96 valence electrons. The topological polar surface area (TPSA) is 74.1 Å². The SMILES string of the molecule is COc1ccccc1Nc1cc(N(C)C#N)ncn1. The lowest BCUT2D eigenvalue weighted by molar-refractivity contribution is 0.417. The quantitative estimate of drug-likeness (QED) is 0.666. The molecule has 19 heavy (non-hydrogen) atoms. The summed E-state index contributed by atoms with van der Waals surface area (Å²) in [6, 6.07) is 9.21. The zero-order valence-electron chi connectivity index (χ0n) is 10.7. The number of hydrogen-bond donors (Lipinski definition) is 1. The third-order valence-electron chi connectivity index (χ3n) is 2.52. The molecular weight excluding hydrogens is 242 g/mol. The largest absolute Gasteiger partial charge is 0.495 e. The number of para-hydroxylation sites is 2. The van der Waals surface area contributed by atoms with Gasteiger partial charge in [0.15, 0.2) is 6.19 Å². The van der Waals surface area contributed by atoms with Gasteiger partial charge >= 0.3 is 0 Å². The molecule has 1 heterocycles. The molecule has 1 N–H and O–H groups in total. The van der Waals surface area contributed by atoms with E-state index in [4.69, 9.17) is 10.00 Å². The summed E-state index contributed by atoms with van der Waals surface area (Å²) in [6.45, 7) is 0. The van der Waals surface area contributed by atoms with E-state index in [0.29, 0.717) is 11.6 Å². The van der Waals surface area contributed by atoms with Crippen LogP contribution in [-0.2, 0) is 0 Å². The Bertz CT molecular complexity index is 608. The van der Waals surface area contributed by atoms with Crippen LogP contribution in [0.25, 0.3) is 0 Å². The van der Waals surface area contributed by atoms with Crippen LogP contribution in [0.5, 0.6) is 5.75 Å². The van der Waals surface area contributed by atoms with E-state index in [9.17, 15) is 0 Å². The first-order valence-electron chi connectivity index (χ1n) is 5.60. The summed E-state index contributed by atoms with van der Waals surface area (Å²) in [5.41, 5.74) is 0.800. The molecule has 2 rings (SSSR count). The molecule has 0 aliphatic heterocycles. The molecule has 1 aromatic carbocycles. The van der Waals surface area contributed by atoms with E-state index in [-0.39, 0.29) is 0 Å². The van der Waals surface area contributed by atoms with Gasteiger partial charge in [-0.2, -0.15) is 5.26 Å². The van der Waals surface area contributed by atoms with Crippen molar-refractivity contribution in [2.24, 2.45) is 0 Å². The molecule has 0 aliphatic rings. The molecule has 0 atom stereocenters. The molecule has 6 nitrogen and oxygen atoms in total. The predicted molar refractivity (Wildman–Crippen MR) is 72.3 cm³/mol. The molecule has 0 unspecified atom stereocenters. The van der Waals surface area contributed by atoms with Gasteiger partial charge in [-0.3, -0.25) is 4.90 Å². The minimum atomic E-state index is 0.523. The molecule has 1 aromatic heterocycles. The molecule has 6 heteroatoms. The number of nitriles is 1. The van der Waals surface area contributed by atoms with Crippen molar-refractivity contribution in [1.82, 2.24) is 9.97 Å². The van der Waals surface area contributed by atoms with Crippen molar-refractivity contribution in [3.8, 4) is 11.9 Å². The van der Waals surface area contributed by atoms with Crippen molar-refractivity contribution in [3.63, 3.8) is 0 Å². The van der Waals surface area contributed by atoms with Gasteiger partial charge in [-0.1, -0.05) is 12.1 Å².